The van der Waals surface area contributed by atoms with Crippen LogP contribution in [-0.2, 0) is 9.53 Å². The summed E-state index contributed by atoms with van der Waals surface area (Å²) in [4.78, 5) is 23.2. The zero-order valence-corrected chi connectivity index (χ0v) is 10.9. The second-order valence-corrected chi connectivity index (χ2v) is 4.90. The number of carbonyl (C=O) groups is 2. The van der Waals surface area contributed by atoms with Crippen molar-refractivity contribution in [3.8, 4) is 0 Å². The first-order valence-corrected chi connectivity index (χ1v) is 6.36. The molecule has 2 rings (SSSR count). The quantitative estimate of drug-likeness (QED) is 0.618. The molecular weight excluding hydrogens is 244 g/mol. The molecule has 19 heavy (non-hydrogen) atoms. The van der Waals surface area contributed by atoms with Crippen molar-refractivity contribution >= 4 is 17.6 Å². The molecule has 0 aliphatic heterocycles. The summed E-state index contributed by atoms with van der Waals surface area (Å²) in [6, 6.07) is 4.94. The number of nitrogens with one attached hydrogen (secondary N) is 1. The molecule has 0 unspecified atom stereocenters. The minimum atomic E-state index is -0.501. The molecule has 5 nitrogen and oxygen atoms in total. The second kappa shape index (κ2) is 5.73. The molecular formula is C14H18N2O3. The van der Waals surface area contributed by atoms with Gasteiger partial charge in [-0.1, -0.05) is 0 Å². The van der Waals surface area contributed by atoms with Crippen molar-refractivity contribution in [2.24, 2.45) is 5.92 Å². The topological polar surface area (TPSA) is 81.4 Å². The van der Waals surface area contributed by atoms with Gasteiger partial charge in [-0.15, -0.1) is 0 Å². The molecule has 1 fully saturated rings. The van der Waals surface area contributed by atoms with Crippen LogP contribution in [0.1, 0.15) is 28.8 Å². The van der Waals surface area contributed by atoms with Gasteiger partial charge in [-0.05, 0) is 49.4 Å². The number of nitrogens with two attached hydrogens (primary N) is 1. The Bertz CT molecular complexity index is 495. The molecule has 1 aliphatic rings. The van der Waals surface area contributed by atoms with E-state index in [0.717, 1.165) is 5.56 Å². The van der Waals surface area contributed by atoms with Gasteiger partial charge >= 0.3 is 5.97 Å². The number of hydrogen-bond acceptors (Lipinski definition) is 4. The van der Waals surface area contributed by atoms with Gasteiger partial charge < -0.3 is 15.8 Å². The molecule has 0 radical (unpaired) electrons. The summed E-state index contributed by atoms with van der Waals surface area (Å²) in [6.07, 6.45) is 2.34. The molecule has 5 heteroatoms. The van der Waals surface area contributed by atoms with Crippen LogP contribution in [0.3, 0.4) is 0 Å². The first-order chi connectivity index (χ1) is 9.06. The largest absolute Gasteiger partial charge is 0.452 e. The Hall–Kier alpha value is -2.04. The molecule has 0 saturated heterocycles. The van der Waals surface area contributed by atoms with Gasteiger partial charge in [-0.25, -0.2) is 4.79 Å². The maximum absolute atomic E-state index is 11.8. The lowest BCUT2D eigenvalue weighted by atomic mass is 10.1. The van der Waals surface area contributed by atoms with Crippen LogP contribution in [0.5, 0.6) is 0 Å². The second-order valence-electron chi connectivity index (χ2n) is 4.90. The fourth-order valence-electron chi connectivity index (χ4n) is 1.76. The molecule has 102 valence electrons. The summed E-state index contributed by atoms with van der Waals surface area (Å²) in [5.74, 6) is -0.147. The molecule has 0 atom stereocenters. The highest BCUT2D eigenvalue weighted by atomic mass is 16.5. The molecule has 0 aromatic heterocycles. The number of esters is 1. The summed E-state index contributed by atoms with van der Waals surface area (Å²) >= 11 is 0. The molecule has 1 saturated carbocycles. The third-order valence-corrected chi connectivity index (χ3v) is 3.09. The number of ether oxygens (including phenoxy) is 1. The number of rotatable bonds is 5. The highest BCUT2D eigenvalue weighted by molar-refractivity contribution is 5.93. The van der Waals surface area contributed by atoms with Crippen molar-refractivity contribution < 1.29 is 14.3 Å². The van der Waals surface area contributed by atoms with E-state index in [0.29, 0.717) is 23.7 Å². The molecule has 0 spiro atoms. The van der Waals surface area contributed by atoms with Crippen molar-refractivity contribution in [1.82, 2.24) is 5.32 Å². The van der Waals surface area contributed by atoms with Gasteiger partial charge in [0.1, 0.15) is 0 Å². The van der Waals surface area contributed by atoms with Crippen LogP contribution in [0.4, 0.5) is 5.69 Å². The van der Waals surface area contributed by atoms with Crippen LogP contribution >= 0.6 is 0 Å². The van der Waals surface area contributed by atoms with Crippen LogP contribution in [0.2, 0.25) is 0 Å². The third kappa shape index (κ3) is 3.98. The van der Waals surface area contributed by atoms with E-state index >= 15 is 0 Å². The average Bonchev–Trinajstić information content (AvgIpc) is 3.17. The van der Waals surface area contributed by atoms with Gasteiger partial charge in [0, 0.05) is 12.2 Å². The number of benzene rings is 1. The molecule has 1 aromatic rings. The average molecular weight is 262 g/mol. The normalized spacial score (nSPS) is 13.9. The summed E-state index contributed by atoms with van der Waals surface area (Å²) in [7, 11) is 0. The van der Waals surface area contributed by atoms with E-state index in [2.05, 4.69) is 5.32 Å². The number of carbonyl (C=O) groups excluding carboxylic acids is 2. The van der Waals surface area contributed by atoms with E-state index in [1.165, 1.54) is 12.8 Å². The lowest BCUT2D eigenvalue weighted by molar-refractivity contribution is -0.124. The van der Waals surface area contributed by atoms with Crippen molar-refractivity contribution in [3.05, 3.63) is 29.3 Å². The van der Waals surface area contributed by atoms with Crippen LogP contribution in [0.15, 0.2) is 18.2 Å². The van der Waals surface area contributed by atoms with Gasteiger partial charge in [0.05, 0.1) is 5.56 Å². The Kier molecular flexibility index (Phi) is 4.04. The lowest BCUT2D eigenvalue weighted by Crippen LogP contribution is -2.30. The van der Waals surface area contributed by atoms with E-state index in [4.69, 9.17) is 10.5 Å². The zero-order valence-electron chi connectivity index (χ0n) is 10.9. The Labute approximate surface area is 112 Å². The predicted molar refractivity (Wildman–Crippen MR) is 71.6 cm³/mol. The molecule has 0 bridgehead atoms. The van der Waals surface area contributed by atoms with E-state index in [1.54, 1.807) is 25.1 Å². The van der Waals surface area contributed by atoms with Crippen LogP contribution in [0.25, 0.3) is 0 Å². The maximum Gasteiger partial charge on any atom is 0.338 e. The minimum absolute atomic E-state index is 0.241. The van der Waals surface area contributed by atoms with Gasteiger partial charge in [0.25, 0.3) is 5.91 Å². The number of anilines is 1. The Morgan fingerprint density at radius 1 is 1.42 bits per heavy atom. The number of amides is 1. The third-order valence-electron chi connectivity index (χ3n) is 3.09. The summed E-state index contributed by atoms with van der Waals surface area (Å²) in [5, 5.41) is 2.74. The highest BCUT2D eigenvalue weighted by Gasteiger charge is 2.21. The van der Waals surface area contributed by atoms with Crippen LogP contribution in [0, 0.1) is 12.8 Å². The standard InChI is InChI=1S/C14H18N2O3/c1-9-6-11(15)4-5-12(9)14(18)19-8-13(17)16-7-10-2-3-10/h4-6,10H,2-3,7-8,15H2,1H3,(H,16,17). The van der Waals surface area contributed by atoms with Crippen molar-refractivity contribution in [3.63, 3.8) is 0 Å². The number of aryl methyl sites for hydroxylation is 1. The molecule has 1 amide bonds. The van der Waals surface area contributed by atoms with Crippen molar-refractivity contribution in [1.29, 1.82) is 0 Å². The van der Waals surface area contributed by atoms with Crippen molar-refractivity contribution in [2.75, 3.05) is 18.9 Å². The smallest absolute Gasteiger partial charge is 0.338 e. The maximum atomic E-state index is 11.8. The summed E-state index contributed by atoms with van der Waals surface area (Å²) in [6.45, 7) is 2.22. The molecule has 1 aliphatic carbocycles. The Balaban J connectivity index is 1.81. The fraction of sp³-hybridized carbons (Fsp3) is 0.429. The minimum Gasteiger partial charge on any atom is -0.452 e. The number of nitrogen functional groups attached to an aromatic ring is 1. The lowest BCUT2D eigenvalue weighted by Gasteiger charge is -2.08. The van der Waals surface area contributed by atoms with Gasteiger partial charge in [-0.3, -0.25) is 4.79 Å². The van der Waals surface area contributed by atoms with E-state index in [1.807, 2.05) is 0 Å². The van der Waals surface area contributed by atoms with E-state index in [-0.39, 0.29) is 12.5 Å². The van der Waals surface area contributed by atoms with E-state index in [9.17, 15) is 9.59 Å². The van der Waals surface area contributed by atoms with E-state index < -0.39 is 5.97 Å². The monoisotopic (exact) mass is 262 g/mol. The SMILES string of the molecule is Cc1cc(N)ccc1C(=O)OCC(=O)NCC1CC1. The fourth-order valence-corrected chi connectivity index (χ4v) is 1.76. The van der Waals surface area contributed by atoms with Crippen molar-refractivity contribution in [2.45, 2.75) is 19.8 Å². The van der Waals surface area contributed by atoms with Gasteiger partial charge in [0.2, 0.25) is 0 Å². The van der Waals surface area contributed by atoms with Crippen LogP contribution < -0.4 is 11.1 Å². The predicted octanol–water partition coefficient (Wildman–Crippen LogP) is 1.26. The first-order valence-electron chi connectivity index (χ1n) is 6.36. The Morgan fingerprint density at radius 3 is 2.79 bits per heavy atom. The zero-order chi connectivity index (χ0) is 13.8. The van der Waals surface area contributed by atoms with Gasteiger partial charge in [0.15, 0.2) is 6.61 Å². The van der Waals surface area contributed by atoms with Crippen LogP contribution in [-0.4, -0.2) is 25.0 Å². The molecule has 0 heterocycles. The molecule has 1 aromatic carbocycles. The van der Waals surface area contributed by atoms with Gasteiger partial charge in [-0.2, -0.15) is 0 Å². The summed E-state index contributed by atoms with van der Waals surface area (Å²) in [5.41, 5.74) is 7.37. The number of hydrogen-bond donors (Lipinski definition) is 2. The summed E-state index contributed by atoms with van der Waals surface area (Å²) < 4.78 is 4.97. The molecule has 3 N–H and O–H groups in total. The first kappa shape index (κ1) is 13.4. The highest BCUT2D eigenvalue weighted by Crippen LogP contribution is 2.27. The Morgan fingerprint density at radius 2 is 2.16 bits per heavy atom.